The molecule has 21 heavy (non-hydrogen) atoms. The van der Waals surface area contributed by atoms with E-state index in [0.717, 1.165) is 17.0 Å². The first kappa shape index (κ1) is 15.9. The molecule has 1 heterocycles. The van der Waals surface area contributed by atoms with Gasteiger partial charge in [0.1, 0.15) is 12.4 Å². The van der Waals surface area contributed by atoms with Gasteiger partial charge >= 0.3 is 0 Å². The minimum absolute atomic E-state index is 0.0433. The molecule has 0 saturated carbocycles. The second-order valence-electron chi connectivity index (χ2n) is 6.14. The first-order chi connectivity index (χ1) is 9.85. The van der Waals surface area contributed by atoms with Gasteiger partial charge in [-0.25, -0.2) is 4.98 Å². The van der Waals surface area contributed by atoms with Gasteiger partial charge in [-0.15, -0.1) is 0 Å². The van der Waals surface area contributed by atoms with Crippen LogP contribution in [0.1, 0.15) is 32.0 Å². The summed E-state index contributed by atoms with van der Waals surface area (Å²) in [6.45, 7) is 7.60. The first-order valence-corrected chi connectivity index (χ1v) is 7.34. The molecule has 0 aliphatic heterocycles. The number of ether oxygens (including phenoxy) is 1. The van der Waals surface area contributed by atoms with Crippen molar-refractivity contribution in [2.75, 3.05) is 0 Å². The number of nitrogens with zero attached hydrogens (tertiary/aromatic N) is 2. The summed E-state index contributed by atoms with van der Waals surface area (Å²) in [4.78, 5) is 4.09. The van der Waals surface area contributed by atoms with E-state index in [9.17, 15) is 0 Å². The molecular formula is C16H22ClN3O. The second-order valence-corrected chi connectivity index (χ2v) is 6.58. The molecule has 2 rings (SSSR count). The molecule has 0 amide bonds. The van der Waals surface area contributed by atoms with Gasteiger partial charge in [-0.05, 0) is 39.0 Å². The van der Waals surface area contributed by atoms with Crippen LogP contribution in [-0.2, 0) is 20.2 Å². The van der Waals surface area contributed by atoms with Crippen molar-refractivity contribution in [2.45, 2.75) is 39.5 Å². The van der Waals surface area contributed by atoms with Crippen LogP contribution < -0.4 is 10.1 Å². The Balaban J connectivity index is 2.09. The highest BCUT2D eigenvalue weighted by atomic mass is 35.5. The normalized spacial score (nSPS) is 11.7. The lowest BCUT2D eigenvalue weighted by atomic mass is 10.1. The van der Waals surface area contributed by atoms with Gasteiger partial charge < -0.3 is 14.6 Å². The number of hydrogen-bond donors (Lipinski definition) is 1. The molecule has 0 spiro atoms. The van der Waals surface area contributed by atoms with Gasteiger partial charge in [0.25, 0.3) is 0 Å². The van der Waals surface area contributed by atoms with E-state index < -0.39 is 0 Å². The molecule has 2 aromatic rings. The summed E-state index contributed by atoms with van der Waals surface area (Å²) >= 11 is 6.09. The molecule has 5 heteroatoms. The molecule has 0 unspecified atom stereocenters. The van der Waals surface area contributed by atoms with Crippen LogP contribution in [0.25, 0.3) is 0 Å². The Kier molecular flexibility index (Phi) is 4.91. The van der Waals surface area contributed by atoms with Crippen molar-refractivity contribution >= 4 is 11.6 Å². The fourth-order valence-electron chi connectivity index (χ4n) is 1.86. The molecule has 0 radical (unpaired) electrons. The monoisotopic (exact) mass is 307 g/mol. The fraction of sp³-hybridized carbons (Fsp3) is 0.438. The van der Waals surface area contributed by atoms with Crippen molar-refractivity contribution in [3.05, 3.63) is 47.0 Å². The average molecular weight is 308 g/mol. The third-order valence-electron chi connectivity index (χ3n) is 3.12. The predicted octanol–water partition coefficient (Wildman–Crippen LogP) is 3.54. The van der Waals surface area contributed by atoms with E-state index >= 15 is 0 Å². The Labute approximate surface area is 131 Å². The van der Waals surface area contributed by atoms with Crippen LogP contribution in [-0.4, -0.2) is 15.1 Å². The molecule has 0 saturated heterocycles. The molecule has 4 nitrogen and oxygen atoms in total. The fourth-order valence-corrected chi connectivity index (χ4v) is 2.06. The van der Waals surface area contributed by atoms with Gasteiger partial charge in [-0.1, -0.05) is 11.6 Å². The number of halogens is 1. The average Bonchev–Trinajstić information content (AvgIpc) is 2.80. The summed E-state index contributed by atoms with van der Waals surface area (Å²) < 4.78 is 7.87. The van der Waals surface area contributed by atoms with Crippen LogP contribution in [0.15, 0.2) is 30.7 Å². The Morgan fingerprint density at radius 3 is 2.71 bits per heavy atom. The third-order valence-corrected chi connectivity index (χ3v) is 3.36. The molecule has 114 valence electrons. The standard InChI is InChI=1S/C16H22ClN3O/c1-16(2,3)19-8-12-7-13(17)5-6-15(12)21-10-14-9-18-11-20(14)4/h5-7,9,11,19H,8,10H2,1-4H3. The van der Waals surface area contributed by atoms with E-state index in [4.69, 9.17) is 16.3 Å². The van der Waals surface area contributed by atoms with E-state index in [1.54, 1.807) is 6.33 Å². The molecule has 1 N–H and O–H groups in total. The van der Waals surface area contributed by atoms with Crippen molar-refractivity contribution in [1.82, 2.24) is 14.9 Å². The quantitative estimate of drug-likeness (QED) is 0.918. The van der Waals surface area contributed by atoms with Crippen molar-refractivity contribution in [1.29, 1.82) is 0 Å². The molecular weight excluding hydrogens is 286 g/mol. The summed E-state index contributed by atoms with van der Waals surface area (Å²) in [5, 5.41) is 4.17. The number of nitrogens with one attached hydrogen (secondary N) is 1. The van der Waals surface area contributed by atoms with E-state index in [-0.39, 0.29) is 5.54 Å². The zero-order valence-corrected chi connectivity index (χ0v) is 13.7. The highest BCUT2D eigenvalue weighted by Gasteiger charge is 2.12. The van der Waals surface area contributed by atoms with Crippen molar-refractivity contribution in [3.63, 3.8) is 0 Å². The van der Waals surface area contributed by atoms with Crippen LogP contribution >= 0.6 is 11.6 Å². The maximum atomic E-state index is 6.09. The molecule has 0 atom stereocenters. The first-order valence-electron chi connectivity index (χ1n) is 6.96. The maximum absolute atomic E-state index is 6.09. The summed E-state index contributed by atoms with van der Waals surface area (Å²) in [6, 6.07) is 5.71. The largest absolute Gasteiger partial charge is 0.487 e. The minimum Gasteiger partial charge on any atom is -0.487 e. The van der Waals surface area contributed by atoms with E-state index in [1.807, 2.05) is 36.0 Å². The SMILES string of the molecule is Cn1cncc1COc1ccc(Cl)cc1CNC(C)(C)C. The van der Waals surface area contributed by atoms with Crippen molar-refractivity contribution in [2.24, 2.45) is 7.05 Å². The Morgan fingerprint density at radius 1 is 1.33 bits per heavy atom. The van der Waals surface area contributed by atoms with Gasteiger partial charge in [0.05, 0.1) is 18.2 Å². The van der Waals surface area contributed by atoms with Gasteiger partial charge in [0.15, 0.2) is 0 Å². The molecule has 1 aromatic heterocycles. The van der Waals surface area contributed by atoms with Gasteiger partial charge in [-0.3, -0.25) is 0 Å². The topological polar surface area (TPSA) is 39.1 Å². The Hall–Kier alpha value is -1.52. The Morgan fingerprint density at radius 2 is 2.10 bits per heavy atom. The number of aryl methyl sites for hydroxylation is 1. The van der Waals surface area contributed by atoms with Crippen LogP contribution in [0.3, 0.4) is 0 Å². The highest BCUT2D eigenvalue weighted by molar-refractivity contribution is 6.30. The molecule has 0 aliphatic rings. The van der Waals surface area contributed by atoms with Gasteiger partial charge in [0.2, 0.25) is 0 Å². The lowest BCUT2D eigenvalue weighted by Crippen LogP contribution is -2.35. The number of rotatable bonds is 5. The van der Waals surface area contributed by atoms with Crippen LogP contribution in [0.4, 0.5) is 0 Å². The van der Waals surface area contributed by atoms with Gasteiger partial charge in [-0.2, -0.15) is 0 Å². The summed E-state index contributed by atoms with van der Waals surface area (Å²) in [6.07, 6.45) is 3.58. The number of benzene rings is 1. The number of hydrogen-bond acceptors (Lipinski definition) is 3. The van der Waals surface area contributed by atoms with Crippen molar-refractivity contribution < 1.29 is 4.74 Å². The molecule has 1 aromatic carbocycles. The minimum atomic E-state index is 0.0433. The lowest BCUT2D eigenvalue weighted by Gasteiger charge is -2.22. The summed E-state index contributed by atoms with van der Waals surface area (Å²) in [5.74, 6) is 0.845. The lowest BCUT2D eigenvalue weighted by molar-refractivity contribution is 0.291. The highest BCUT2D eigenvalue weighted by Crippen LogP contribution is 2.24. The zero-order valence-electron chi connectivity index (χ0n) is 13.0. The Bertz CT molecular complexity index is 602. The smallest absolute Gasteiger partial charge is 0.130 e. The van der Waals surface area contributed by atoms with E-state index in [0.29, 0.717) is 18.2 Å². The van der Waals surface area contributed by atoms with Gasteiger partial charge in [0, 0.05) is 29.7 Å². The van der Waals surface area contributed by atoms with E-state index in [1.165, 1.54) is 0 Å². The molecule has 0 fully saturated rings. The van der Waals surface area contributed by atoms with Crippen LogP contribution in [0.2, 0.25) is 5.02 Å². The van der Waals surface area contributed by atoms with Crippen LogP contribution in [0.5, 0.6) is 5.75 Å². The third kappa shape index (κ3) is 4.76. The maximum Gasteiger partial charge on any atom is 0.130 e. The number of aromatic nitrogens is 2. The second kappa shape index (κ2) is 6.50. The summed E-state index contributed by atoms with van der Waals surface area (Å²) in [5.41, 5.74) is 2.13. The van der Waals surface area contributed by atoms with Crippen molar-refractivity contribution in [3.8, 4) is 5.75 Å². The summed E-state index contributed by atoms with van der Waals surface area (Å²) in [7, 11) is 1.95. The molecule has 0 bridgehead atoms. The predicted molar refractivity (Wildman–Crippen MR) is 85.6 cm³/mol. The van der Waals surface area contributed by atoms with E-state index in [2.05, 4.69) is 31.1 Å². The number of imidazole rings is 1. The molecule has 0 aliphatic carbocycles. The zero-order chi connectivity index (χ0) is 15.5. The van der Waals surface area contributed by atoms with Crippen LogP contribution in [0, 0.1) is 0 Å².